The van der Waals surface area contributed by atoms with Crippen LogP contribution in [-0.2, 0) is 19.3 Å². The number of hydrogen-bond acceptors (Lipinski definition) is 4. The lowest BCUT2D eigenvalue weighted by Gasteiger charge is -2.22. The highest BCUT2D eigenvalue weighted by Gasteiger charge is 2.26. The molecule has 5 heteroatoms. The number of benzene rings is 1. The molecule has 2 N–H and O–H groups in total. The van der Waals surface area contributed by atoms with E-state index in [0.717, 1.165) is 48.8 Å². The smallest absolute Gasteiger partial charge is 0.504 e. The van der Waals surface area contributed by atoms with E-state index in [4.69, 9.17) is 14.6 Å². The van der Waals surface area contributed by atoms with Crippen molar-refractivity contribution in [1.82, 2.24) is 0 Å². The first kappa shape index (κ1) is 19.1. The van der Waals surface area contributed by atoms with Crippen LogP contribution in [0.1, 0.15) is 63.6 Å². The van der Waals surface area contributed by atoms with Gasteiger partial charge < -0.3 is 19.7 Å². The lowest BCUT2D eigenvalue weighted by atomic mass is 9.90. The van der Waals surface area contributed by atoms with Gasteiger partial charge in [0.2, 0.25) is 5.75 Å². The molecule has 0 aliphatic rings. The second-order valence-electron chi connectivity index (χ2n) is 5.49. The minimum atomic E-state index is -1.45. The molecule has 0 unspecified atom stereocenters. The third kappa shape index (κ3) is 4.53. The van der Waals surface area contributed by atoms with Gasteiger partial charge in [0.1, 0.15) is 0 Å². The van der Waals surface area contributed by atoms with Gasteiger partial charge in [-0.1, -0.05) is 40.0 Å². The molecule has 130 valence electrons. The van der Waals surface area contributed by atoms with Crippen LogP contribution in [0.2, 0.25) is 0 Å². The molecule has 0 aliphatic heterocycles. The average molecular weight is 324 g/mol. The first-order chi connectivity index (χ1) is 11.0. The van der Waals surface area contributed by atoms with Gasteiger partial charge in [-0.3, -0.25) is 0 Å². The molecule has 1 rings (SSSR count). The van der Waals surface area contributed by atoms with Gasteiger partial charge in [-0.15, -0.1) is 0 Å². The van der Waals surface area contributed by atoms with Crippen LogP contribution in [0.3, 0.4) is 0 Å². The molecule has 1 aromatic rings. The van der Waals surface area contributed by atoms with Crippen molar-refractivity contribution in [3.63, 3.8) is 0 Å². The molecule has 0 bridgehead atoms. The first-order valence-electron chi connectivity index (χ1n) is 8.44. The third-order valence-corrected chi connectivity index (χ3v) is 3.69. The van der Waals surface area contributed by atoms with Crippen molar-refractivity contribution in [3.8, 4) is 17.2 Å². The van der Waals surface area contributed by atoms with Crippen molar-refractivity contribution in [3.05, 3.63) is 16.7 Å². The molecule has 0 saturated carbocycles. The number of aromatic hydroxyl groups is 1. The van der Waals surface area contributed by atoms with Crippen molar-refractivity contribution >= 4 is 6.16 Å². The van der Waals surface area contributed by atoms with Gasteiger partial charge in [0, 0.05) is 11.1 Å². The zero-order valence-corrected chi connectivity index (χ0v) is 14.6. The summed E-state index contributed by atoms with van der Waals surface area (Å²) in [4.78, 5) is 11.0. The molecule has 0 radical (unpaired) electrons. The van der Waals surface area contributed by atoms with Gasteiger partial charge in [-0.25, -0.2) is 4.79 Å². The fourth-order valence-electron chi connectivity index (χ4n) is 2.91. The number of ether oxygens (including phenoxy) is 2. The summed E-state index contributed by atoms with van der Waals surface area (Å²) >= 11 is 0. The second-order valence-corrected chi connectivity index (χ2v) is 5.49. The monoisotopic (exact) mass is 324 g/mol. The van der Waals surface area contributed by atoms with Gasteiger partial charge in [0.15, 0.2) is 11.5 Å². The molecule has 0 fully saturated rings. The second kappa shape index (κ2) is 9.28. The minimum absolute atomic E-state index is 0.0638. The lowest BCUT2D eigenvalue weighted by molar-refractivity contribution is 0.140. The molecular formula is C18H28O5. The molecular weight excluding hydrogens is 296 g/mol. The molecule has 23 heavy (non-hydrogen) atoms. The Bertz CT molecular complexity index is 537. The van der Waals surface area contributed by atoms with Crippen LogP contribution in [0.25, 0.3) is 0 Å². The number of carboxylic acid groups (broad SMARTS) is 1. The highest BCUT2D eigenvalue weighted by molar-refractivity contribution is 5.70. The van der Waals surface area contributed by atoms with Gasteiger partial charge in [-0.05, 0) is 31.7 Å². The summed E-state index contributed by atoms with van der Waals surface area (Å²) in [6.45, 7) is 8.39. The van der Waals surface area contributed by atoms with E-state index in [1.165, 1.54) is 0 Å². The maximum absolute atomic E-state index is 11.0. The summed E-state index contributed by atoms with van der Waals surface area (Å²) < 4.78 is 10.6. The molecule has 0 spiro atoms. The quantitative estimate of drug-likeness (QED) is 0.508. The zero-order chi connectivity index (χ0) is 17.4. The summed E-state index contributed by atoms with van der Waals surface area (Å²) in [5.41, 5.74) is 2.83. The van der Waals surface area contributed by atoms with Crippen LogP contribution >= 0.6 is 0 Å². The molecule has 0 saturated heterocycles. The first-order valence-corrected chi connectivity index (χ1v) is 8.44. The van der Waals surface area contributed by atoms with E-state index in [2.05, 4.69) is 13.8 Å². The molecule has 0 aliphatic carbocycles. The number of phenols is 1. The topological polar surface area (TPSA) is 76.0 Å². The van der Waals surface area contributed by atoms with Gasteiger partial charge in [0.25, 0.3) is 0 Å². The van der Waals surface area contributed by atoms with Crippen molar-refractivity contribution in [2.24, 2.45) is 0 Å². The standard InChI is InChI=1S/C18H28O5/c1-5-9-12-13(10-6-2)15(19)17(23-18(20)21)16(22-8-4)14(12)11-7-3/h19H,5-11H2,1-4H3,(H,20,21). The van der Waals surface area contributed by atoms with E-state index in [-0.39, 0.29) is 11.5 Å². The van der Waals surface area contributed by atoms with E-state index in [9.17, 15) is 9.90 Å². The summed E-state index contributed by atoms with van der Waals surface area (Å²) in [6.07, 6.45) is 3.52. The highest BCUT2D eigenvalue weighted by atomic mass is 16.7. The molecule has 0 amide bonds. The normalized spacial score (nSPS) is 10.6. The minimum Gasteiger partial charge on any atom is -0.504 e. The Labute approximate surface area is 138 Å². The number of hydrogen-bond donors (Lipinski definition) is 2. The van der Waals surface area contributed by atoms with Gasteiger partial charge in [-0.2, -0.15) is 0 Å². The largest absolute Gasteiger partial charge is 0.511 e. The summed E-state index contributed by atoms with van der Waals surface area (Å²) in [5.74, 6) is 0.213. The van der Waals surface area contributed by atoms with Crippen LogP contribution in [0.5, 0.6) is 17.2 Å². The van der Waals surface area contributed by atoms with Gasteiger partial charge in [0.05, 0.1) is 6.61 Å². The predicted octanol–water partition coefficient (Wildman–Crippen LogP) is 4.71. The van der Waals surface area contributed by atoms with Crippen molar-refractivity contribution < 1.29 is 24.5 Å². The van der Waals surface area contributed by atoms with Crippen LogP contribution in [0.15, 0.2) is 0 Å². The number of rotatable bonds is 9. The zero-order valence-electron chi connectivity index (χ0n) is 14.6. The summed E-state index contributed by atoms with van der Waals surface area (Å²) in [7, 11) is 0. The van der Waals surface area contributed by atoms with Crippen LogP contribution < -0.4 is 9.47 Å². The maximum atomic E-state index is 11.0. The maximum Gasteiger partial charge on any atom is 0.511 e. The predicted molar refractivity (Wildman–Crippen MR) is 89.9 cm³/mol. The molecule has 5 nitrogen and oxygen atoms in total. The van der Waals surface area contributed by atoms with Crippen molar-refractivity contribution in [1.29, 1.82) is 0 Å². The Balaban J connectivity index is 3.69. The summed E-state index contributed by atoms with van der Waals surface area (Å²) in [6, 6.07) is 0. The Morgan fingerprint density at radius 2 is 1.39 bits per heavy atom. The van der Waals surface area contributed by atoms with Crippen molar-refractivity contribution in [2.75, 3.05) is 6.61 Å². The van der Waals surface area contributed by atoms with Crippen LogP contribution in [-0.4, -0.2) is 23.0 Å². The van der Waals surface area contributed by atoms with E-state index < -0.39 is 6.16 Å². The third-order valence-electron chi connectivity index (χ3n) is 3.69. The van der Waals surface area contributed by atoms with E-state index >= 15 is 0 Å². The Hall–Kier alpha value is -1.91. The van der Waals surface area contributed by atoms with Gasteiger partial charge >= 0.3 is 6.16 Å². The number of phenolic OH excluding ortho intramolecular Hbond substituents is 1. The van der Waals surface area contributed by atoms with Crippen LogP contribution in [0, 0.1) is 0 Å². The Kier molecular flexibility index (Phi) is 7.72. The van der Waals surface area contributed by atoms with E-state index in [0.29, 0.717) is 18.8 Å². The number of carbonyl (C=O) groups is 1. The Morgan fingerprint density at radius 3 is 1.87 bits per heavy atom. The molecule has 0 atom stereocenters. The SMILES string of the molecule is CCCc1c(O)c(OC(=O)O)c(OCC)c(CCC)c1CCC. The average Bonchev–Trinajstić information content (AvgIpc) is 2.50. The summed E-state index contributed by atoms with van der Waals surface area (Å²) in [5, 5.41) is 19.6. The fraction of sp³-hybridized carbons (Fsp3) is 0.611. The highest BCUT2D eigenvalue weighted by Crippen LogP contribution is 2.46. The lowest BCUT2D eigenvalue weighted by Crippen LogP contribution is -2.11. The molecule has 1 aromatic carbocycles. The molecule has 0 aromatic heterocycles. The van der Waals surface area contributed by atoms with Crippen molar-refractivity contribution in [2.45, 2.75) is 66.2 Å². The van der Waals surface area contributed by atoms with E-state index in [1.807, 2.05) is 13.8 Å². The van der Waals surface area contributed by atoms with Crippen LogP contribution in [0.4, 0.5) is 4.79 Å². The fourth-order valence-corrected chi connectivity index (χ4v) is 2.91. The van der Waals surface area contributed by atoms with E-state index in [1.54, 1.807) is 0 Å². The Morgan fingerprint density at radius 1 is 0.870 bits per heavy atom. The molecule has 0 heterocycles.